The number of fused-ring (bicyclic) bond motifs is 1. The number of methoxy groups -OCH3 is 1. The molecule has 0 saturated carbocycles. The lowest BCUT2D eigenvalue weighted by molar-refractivity contribution is 0.102. The molecule has 0 unspecified atom stereocenters. The van der Waals surface area contributed by atoms with Gasteiger partial charge in [0.25, 0.3) is 5.56 Å². The van der Waals surface area contributed by atoms with Gasteiger partial charge in [-0.1, -0.05) is 23.9 Å². The number of thioether (sulfide) groups is 1. The Balaban J connectivity index is 1.85. The van der Waals surface area contributed by atoms with E-state index in [0.717, 1.165) is 5.52 Å². The average molecular weight is 354 g/mol. The fourth-order valence-corrected chi connectivity index (χ4v) is 3.56. The third kappa shape index (κ3) is 3.58. The number of carbonyl (C=O) groups is 1. The van der Waals surface area contributed by atoms with Crippen LogP contribution in [-0.2, 0) is 6.54 Å². The lowest BCUT2D eigenvalue weighted by atomic mass is 10.1. The topological polar surface area (TPSA) is 61.2 Å². The molecule has 0 atom stereocenters. The maximum atomic E-state index is 12.4. The number of rotatable bonds is 6. The van der Waals surface area contributed by atoms with Crippen LogP contribution in [0.1, 0.15) is 17.3 Å². The van der Waals surface area contributed by atoms with Crippen molar-refractivity contribution in [3.8, 4) is 5.75 Å². The molecule has 0 N–H and O–H groups in total. The molecule has 0 amide bonds. The first-order valence-corrected chi connectivity index (χ1v) is 8.92. The van der Waals surface area contributed by atoms with Gasteiger partial charge in [0.2, 0.25) is 0 Å². The zero-order chi connectivity index (χ0) is 17.8. The van der Waals surface area contributed by atoms with Crippen LogP contribution in [0.25, 0.3) is 10.9 Å². The Morgan fingerprint density at radius 1 is 1.16 bits per heavy atom. The molecule has 0 bridgehead atoms. The van der Waals surface area contributed by atoms with Gasteiger partial charge >= 0.3 is 0 Å². The molecule has 5 nitrogen and oxygen atoms in total. The van der Waals surface area contributed by atoms with E-state index in [1.54, 1.807) is 37.4 Å². The largest absolute Gasteiger partial charge is 0.497 e. The minimum Gasteiger partial charge on any atom is -0.497 e. The molecule has 0 fully saturated rings. The van der Waals surface area contributed by atoms with Gasteiger partial charge in [-0.3, -0.25) is 9.59 Å². The van der Waals surface area contributed by atoms with E-state index < -0.39 is 0 Å². The summed E-state index contributed by atoms with van der Waals surface area (Å²) < 4.78 is 7.06. The Morgan fingerprint density at radius 2 is 1.88 bits per heavy atom. The summed E-state index contributed by atoms with van der Waals surface area (Å²) in [6.07, 6.45) is 0. The molecule has 3 aromatic rings. The molecule has 0 aliphatic heterocycles. The summed E-state index contributed by atoms with van der Waals surface area (Å²) in [6.45, 7) is 2.67. The number of ether oxygens (including phenoxy) is 1. The first kappa shape index (κ1) is 17.2. The Morgan fingerprint density at radius 3 is 2.56 bits per heavy atom. The van der Waals surface area contributed by atoms with Crippen LogP contribution >= 0.6 is 11.8 Å². The molecule has 0 saturated heterocycles. The number of nitrogens with zero attached hydrogens (tertiary/aromatic N) is 2. The first-order chi connectivity index (χ1) is 12.1. The molecule has 1 heterocycles. The molecule has 0 radical (unpaired) electrons. The molecule has 1 aromatic heterocycles. The lowest BCUT2D eigenvalue weighted by Crippen LogP contribution is -2.16. The second kappa shape index (κ2) is 7.53. The molecule has 6 heteroatoms. The molecular formula is C19H18N2O3S. The standard InChI is InChI=1S/C19H18N2O3S/c1-3-21-16-7-5-4-6-15(16)18(23)20-19(21)25-12-17(22)13-8-10-14(24-2)11-9-13/h4-11H,3,12H2,1-2H3. The molecule has 3 rings (SSSR count). The van der Waals surface area contributed by atoms with Crippen molar-refractivity contribution in [3.63, 3.8) is 0 Å². The van der Waals surface area contributed by atoms with Gasteiger partial charge in [0, 0.05) is 12.1 Å². The van der Waals surface area contributed by atoms with Crippen LogP contribution in [0.5, 0.6) is 5.75 Å². The highest BCUT2D eigenvalue weighted by atomic mass is 32.2. The predicted molar refractivity (Wildman–Crippen MR) is 99.7 cm³/mol. The molecule has 0 aliphatic carbocycles. The number of ketones is 1. The molecule has 128 valence electrons. The highest BCUT2D eigenvalue weighted by Crippen LogP contribution is 2.21. The summed E-state index contributed by atoms with van der Waals surface area (Å²) >= 11 is 1.28. The Labute approximate surface area is 149 Å². The van der Waals surface area contributed by atoms with Crippen LogP contribution in [0, 0.1) is 0 Å². The van der Waals surface area contributed by atoms with E-state index in [2.05, 4.69) is 4.98 Å². The highest BCUT2D eigenvalue weighted by molar-refractivity contribution is 7.99. The number of Topliss-reactive ketones (excluding diaryl/α,β-unsaturated/α-hetero) is 1. The van der Waals surface area contributed by atoms with Gasteiger partial charge in [-0.2, -0.15) is 4.98 Å². The quantitative estimate of drug-likeness (QED) is 0.386. The summed E-state index contributed by atoms with van der Waals surface area (Å²) in [7, 11) is 1.59. The molecule has 25 heavy (non-hydrogen) atoms. The Hall–Kier alpha value is -2.60. The third-order valence-electron chi connectivity index (χ3n) is 3.91. The van der Waals surface area contributed by atoms with Gasteiger partial charge in [-0.15, -0.1) is 0 Å². The highest BCUT2D eigenvalue weighted by Gasteiger charge is 2.13. The number of para-hydroxylation sites is 1. The van der Waals surface area contributed by atoms with Gasteiger partial charge in [-0.25, -0.2) is 0 Å². The zero-order valence-corrected chi connectivity index (χ0v) is 14.9. The van der Waals surface area contributed by atoms with Crippen molar-refractivity contribution in [1.82, 2.24) is 9.55 Å². The van der Waals surface area contributed by atoms with E-state index in [0.29, 0.717) is 28.4 Å². The SMILES string of the molecule is CCn1c(SCC(=O)c2ccc(OC)cc2)nc(=O)c2ccccc21. The van der Waals surface area contributed by atoms with Crippen LogP contribution in [0.2, 0.25) is 0 Å². The summed E-state index contributed by atoms with van der Waals surface area (Å²) in [6, 6.07) is 14.4. The summed E-state index contributed by atoms with van der Waals surface area (Å²) in [5, 5.41) is 1.16. The molecule has 0 spiro atoms. The fourth-order valence-electron chi connectivity index (χ4n) is 2.61. The smallest absolute Gasteiger partial charge is 0.281 e. The summed E-state index contributed by atoms with van der Waals surface area (Å²) in [5.41, 5.74) is 1.18. The molecule has 2 aromatic carbocycles. The van der Waals surface area contributed by atoms with Crippen molar-refractivity contribution in [2.24, 2.45) is 0 Å². The van der Waals surface area contributed by atoms with Crippen LogP contribution in [0.15, 0.2) is 58.5 Å². The van der Waals surface area contributed by atoms with Gasteiger partial charge < -0.3 is 9.30 Å². The van der Waals surface area contributed by atoms with Gasteiger partial charge in [0.05, 0.1) is 23.8 Å². The van der Waals surface area contributed by atoms with Crippen molar-refractivity contribution in [1.29, 1.82) is 0 Å². The van der Waals surface area contributed by atoms with E-state index in [9.17, 15) is 9.59 Å². The average Bonchev–Trinajstić information content (AvgIpc) is 2.66. The van der Waals surface area contributed by atoms with Gasteiger partial charge in [-0.05, 0) is 43.3 Å². The first-order valence-electron chi connectivity index (χ1n) is 7.93. The predicted octanol–water partition coefficient (Wildman–Crippen LogP) is 3.40. The number of benzene rings is 2. The van der Waals surface area contributed by atoms with Crippen molar-refractivity contribution in [2.75, 3.05) is 12.9 Å². The number of hydrogen-bond acceptors (Lipinski definition) is 5. The van der Waals surface area contributed by atoms with Gasteiger partial charge in [0.1, 0.15) is 5.75 Å². The Bertz CT molecular complexity index is 965. The zero-order valence-electron chi connectivity index (χ0n) is 14.1. The fraction of sp³-hybridized carbons (Fsp3) is 0.211. The summed E-state index contributed by atoms with van der Waals surface area (Å²) in [5.74, 6) is 0.912. The second-order valence-corrected chi connectivity index (χ2v) is 6.34. The maximum Gasteiger partial charge on any atom is 0.281 e. The van der Waals surface area contributed by atoms with Gasteiger partial charge in [0.15, 0.2) is 10.9 Å². The van der Waals surface area contributed by atoms with Crippen LogP contribution in [-0.4, -0.2) is 28.2 Å². The maximum absolute atomic E-state index is 12.4. The minimum absolute atomic E-state index is 0.0160. The lowest BCUT2D eigenvalue weighted by Gasteiger charge is -2.13. The van der Waals surface area contributed by atoms with Crippen LogP contribution < -0.4 is 10.3 Å². The number of aromatic nitrogens is 2. The van der Waals surface area contributed by atoms with Crippen molar-refractivity contribution in [2.45, 2.75) is 18.6 Å². The van der Waals surface area contributed by atoms with E-state index >= 15 is 0 Å². The van der Waals surface area contributed by atoms with E-state index in [1.807, 2.05) is 29.7 Å². The number of hydrogen-bond donors (Lipinski definition) is 0. The molecular weight excluding hydrogens is 336 g/mol. The summed E-state index contributed by atoms with van der Waals surface area (Å²) in [4.78, 5) is 28.8. The van der Waals surface area contributed by atoms with Crippen LogP contribution in [0.3, 0.4) is 0 Å². The second-order valence-electron chi connectivity index (χ2n) is 5.40. The van der Waals surface area contributed by atoms with Crippen LogP contribution in [0.4, 0.5) is 0 Å². The monoisotopic (exact) mass is 354 g/mol. The van der Waals surface area contributed by atoms with Crippen molar-refractivity contribution >= 4 is 28.4 Å². The minimum atomic E-state index is -0.264. The van der Waals surface area contributed by atoms with Crippen molar-refractivity contribution < 1.29 is 9.53 Å². The van der Waals surface area contributed by atoms with E-state index in [1.165, 1.54) is 11.8 Å². The van der Waals surface area contributed by atoms with E-state index in [4.69, 9.17) is 4.74 Å². The number of carbonyl (C=O) groups excluding carboxylic acids is 1. The third-order valence-corrected chi connectivity index (χ3v) is 4.89. The normalized spacial score (nSPS) is 10.8. The Kier molecular flexibility index (Phi) is 5.19. The van der Waals surface area contributed by atoms with Crippen molar-refractivity contribution in [3.05, 3.63) is 64.4 Å². The number of aryl methyl sites for hydroxylation is 1. The molecule has 0 aliphatic rings. The van der Waals surface area contributed by atoms with E-state index in [-0.39, 0.29) is 17.1 Å².